The first-order chi connectivity index (χ1) is 8.13. The molecule has 3 heteroatoms. The summed E-state index contributed by atoms with van der Waals surface area (Å²) in [6.45, 7) is 5.53. The van der Waals surface area contributed by atoms with Gasteiger partial charge in [0.05, 0.1) is 6.10 Å². The Kier molecular flexibility index (Phi) is 7.09. The molecule has 3 N–H and O–H groups in total. The van der Waals surface area contributed by atoms with Gasteiger partial charge in [0.2, 0.25) is 0 Å². The molecule has 102 valence electrons. The van der Waals surface area contributed by atoms with Crippen molar-refractivity contribution >= 4 is 0 Å². The standard InChI is InChI=1S/C14H30N2O/c1-11(6-4-7-12(2)15)10-16-13-8-5-9-14(13)17-3/h11-14,16H,4-10,15H2,1-3H3. The van der Waals surface area contributed by atoms with Crippen molar-refractivity contribution in [2.24, 2.45) is 11.7 Å². The molecule has 0 aromatic heterocycles. The van der Waals surface area contributed by atoms with Crippen LogP contribution in [-0.4, -0.2) is 31.8 Å². The van der Waals surface area contributed by atoms with E-state index in [-0.39, 0.29) is 0 Å². The highest BCUT2D eigenvalue weighted by Crippen LogP contribution is 2.21. The molecule has 4 atom stereocenters. The first kappa shape index (κ1) is 14.9. The molecular formula is C14H30N2O. The summed E-state index contributed by atoms with van der Waals surface area (Å²) in [5, 5.41) is 3.66. The zero-order valence-corrected chi connectivity index (χ0v) is 11.7. The van der Waals surface area contributed by atoms with Gasteiger partial charge in [-0.05, 0) is 51.5 Å². The van der Waals surface area contributed by atoms with E-state index >= 15 is 0 Å². The monoisotopic (exact) mass is 242 g/mol. The van der Waals surface area contributed by atoms with Crippen LogP contribution in [0.5, 0.6) is 0 Å². The first-order valence-electron chi connectivity index (χ1n) is 7.15. The topological polar surface area (TPSA) is 47.3 Å². The third-order valence-corrected chi connectivity index (χ3v) is 3.84. The van der Waals surface area contributed by atoms with Crippen LogP contribution in [0.25, 0.3) is 0 Å². The lowest BCUT2D eigenvalue weighted by Crippen LogP contribution is -2.39. The minimum Gasteiger partial charge on any atom is -0.380 e. The lowest BCUT2D eigenvalue weighted by atomic mass is 10.0. The Morgan fingerprint density at radius 1 is 1.29 bits per heavy atom. The SMILES string of the molecule is COC1CCCC1NCC(C)CCCC(C)N. The molecule has 3 nitrogen and oxygen atoms in total. The van der Waals surface area contributed by atoms with Gasteiger partial charge in [-0.25, -0.2) is 0 Å². The van der Waals surface area contributed by atoms with E-state index in [0.717, 1.165) is 18.9 Å². The van der Waals surface area contributed by atoms with Gasteiger partial charge < -0.3 is 15.8 Å². The Morgan fingerprint density at radius 2 is 2.06 bits per heavy atom. The predicted molar refractivity (Wildman–Crippen MR) is 73.1 cm³/mol. The van der Waals surface area contributed by atoms with Crippen LogP contribution in [0.3, 0.4) is 0 Å². The maximum Gasteiger partial charge on any atom is 0.0724 e. The molecule has 0 amide bonds. The van der Waals surface area contributed by atoms with Gasteiger partial charge in [0, 0.05) is 19.2 Å². The van der Waals surface area contributed by atoms with Crippen molar-refractivity contribution in [1.82, 2.24) is 5.32 Å². The molecule has 0 heterocycles. The highest BCUT2D eigenvalue weighted by Gasteiger charge is 2.26. The van der Waals surface area contributed by atoms with Gasteiger partial charge in [0.15, 0.2) is 0 Å². The number of methoxy groups -OCH3 is 1. The quantitative estimate of drug-likeness (QED) is 0.686. The van der Waals surface area contributed by atoms with Crippen molar-refractivity contribution in [3.05, 3.63) is 0 Å². The summed E-state index contributed by atoms with van der Waals surface area (Å²) in [4.78, 5) is 0. The molecule has 0 radical (unpaired) electrons. The Bertz CT molecular complexity index is 197. The van der Waals surface area contributed by atoms with E-state index in [9.17, 15) is 0 Å². The van der Waals surface area contributed by atoms with E-state index in [1.807, 2.05) is 7.11 Å². The van der Waals surface area contributed by atoms with E-state index in [1.165, 1.54) is 32.1 Å². The summed E-state index contributed by atoms with van der Waals surface area (Å²) < 4.78 is 5.49. The fraction of sp³-hybridized carbons (Fsp3) is 1.00. The molecule has 0 aromatic rings. The van der Waals surface area contributed by atoms with E-state index in [0.29, 0.717) is 18.2 Å². The highest BCUT2D eigenvalue weighted by molar-refractivity contribution is 4.84. The summed E-state index contributed by atoms with van der Waals surface area (Å²) in [6.07, 6.45) is 7.89. The number of hydrogen-bond acceptors (Lipinski definition) is 3. The summed E-state index contributed by atoms with van der Waals surface area (Å²) >= 11 is 0. The Labute approximate surface area is 106 Å². The Morgan fingerprint density at radius 3 is 2.71 bits per heavy atom. The molecule has 0 bridgehead atoms. The molecule has 1 fully saturated rings. The fourth-order valence-corrected chi connectivity index (χ4v) is 2.68. The van der Waals surface area contributed by atoms with Gasteiger partial charge in [-0.2, -0.15) is 0 Å². The summed E-state index contributed by atoms with van der Waals surface area (Å²) in [6, 6.07) is 0.929. The second-order valence-electron chi connectivity index (χ2n) is 5.73. The smallest absolute Gasteiger partial charge is 0.0724 e. The van der Waals surface area contributed by atoms with E-state index in [2.05, 4.69) is 19.2 Å². The maximum absolute atomic E-state index is 5.76. The molecule has 0 aliphatic heterocycles. The zero-order chi connectivity index (χ0) is 12.7. The van der Waals surface area contributed by atoms with Crippen molar-refractivity contribution < 1.29 is 4.74 Å². The van der Waals surface area contributed by atoms with Crippen LogP contribution < -0.4 is 11.1 Å². The summed E-state index contributed by atoms with van der Waals surface area (Å²) in [5.74, 6) is 0.742. The van der Waals surface area contributed by atoms with Crippen LogP contribution in [0.15, 0.2) is 0 Å². The lowest BCUT2D eigenvalue weighted by Gasteiger charge is -2.22. The molecule has 4 unspecified atom stereocenters. The van der Waals surface area contributed by atoms with E-state index in [1.54, 1.807) is 0 Å². The first-order valence-corrected chi connectivity index (χ1v) is 7.15. The highest BCUT2D eigenvalue weighted by atomic mass is 16.5. The molecule has 1 aliphatic rings. The van der Waals surface area contributed by atoms with Crippen molar-refractivity contribution in [2.75, 3.05) is 13.7 Å². The molecule has 0 aromatic carbocycles. The van der Waals surface area contributed by atoms with Crippen LogP contribution in [0, 0.1) is 5.92 Å². The third kappa shape index (κ3) is 5.84. The normalized spacial score (nSPS) is 28.2. The summed E-state index contributed by atoms with van der Waals surface area (Å²) in [5.41, 5.74) is 5.76. The average Bonchev–Trinajstić information content (AvgIpc) is 2.73. The van der Waals surface area contributed by atoms with Gasteiger partial charge in [0.25, 0.3) is 0 Å². The van der Waals surface area contributed by atoms with Gasteiger partial charge in [0.1, 0.15) is 0 Å². The second-order valence-corrected chi connectivity index (χ2v) is 5.73. The molecule has 1 saturated carbocycles. The van der Waals surface area contributed by atoms with Crippen molar-refractivity contribution in [1.29, 1.82) is 0 Å². The Balaban J connectivity index is 2.08. The van der Waals surface area contributed by atoms with Gasteiger partial charge >= 0.3 is 0 Å². The van der Waals surface area contributed by atoms with Crippen molar-refractivity contribution in [3.8, 4) is 0 Å². The number of hydrogen-bond donors (Lipinski definition) is 2. The molecule has 17 heavy (non-hydrogen) atoms. The van der Waals surface area contributed by atoms with Gasteiger partial charge in [-0.15, -0.1) is 0 Å². The minimum atomic E-state index is 0.350. The van der Waals surface area contributed by atoms with Crippen LogP contribution in [0.1, 0.15) is 52.4 Å². The molecule has 0 saturated heterocycles. The number of rotatable bonds is 8. The van der Waals surface area contributed by atoms with Crippen LogP contribution in [0.4, 0.5) is 0 Å². The van der Waals surface area contributed by atoms with Crippen LogP contribution in [0.2, 0.25) is 0 Å². The number of nitrogens with one attached hydrogen (secondary N) is 1. The van der Waals surface area contributed by atoms with Gasteiger partial charge in [-0.1, -0.05) is 13.3 Å². The van der Waals surface area contributed by atoms with Crippen molar-refractivity contribution in [3.63, 3.8) is 0 Å². The summed E-state index contributed by atoms with van der Waals surface area (Å²) in [7, 11) is 1.83. The van der Waals surface area contributed by atoms with Crippen LogP contribution in [-0.2, 0) is 4.74 Å². The largest absolute Gasteiger partial charge is 0.380 e. The minimum absolute atomic E-state index is 0.350. The zero-order valence-electron chi connectivity index (χ0n) is 11.7. The third-order valence-electron chi connectivity index (χ3n) is 3.84. The fourth-order valence-electron chi connectivity index (χ4n) is 2.68. The number of ether oxygens (including phenoxy) is 1. The lowest BCUT2D eigenvalue weighted by molar-refractivity contribution is 0.0839. The van der Waals surface area contributed by atoms with Crippen LogP contribution >= 0.6 is 0 Å². The number of nitrogens with two attached hydrogens (primary N) is 1. The van der Waals surface area contributed by atoms with Crippen molar-refractivity contribution in [2.45, 2.75) is 70.6 Å². The molecule has 0 spiro atoms. The van der Waals surface area contributed by atoms with Gasteiger partial charge in [-0.3, -0.25) is 0 Å². The second kappa shape index (κ2) is 8.06. The van der Waals surface area contributed by atoms with E-state index in [4.69, 9.17) is 10.5 Å². The molecule has 1 aliphatic carbocycles. The average molecular weight is 242 g/mol. The van der Waals surface area contributed by atoms with E-state index < -0.39 is 0 Å². The maximum atomic E-state index is 5.76. The molecule has 1 rings (SSSR count). The molecular weight excluding hydrogens is 212 g/mol. The Hall–Kier alpha value is -0.120. The predicted octanol–water partition coefficient (Wildman–Crippen LogP) is 2.30.